The zero-order chi connectivity index (χ0) is 32.1. The molecule has 1 saturated heterocycles. The molecule has 13 N–H and O–H groups in total. The van der Waals surface area contributed by atoms with Gasteiger partial charge in [-0.2, -0.15) is 0 Å². The van der Waals surface area contributed by atoms with E-state index in [1.807, 2.05) is 6.92 Å². The van der Waals surface area contributed by atoms with E-state index < -0.39 is 90.7 Å². The Morgan fingerprint density at radius 1 is 1.12 bits per heavy atom. The van der Waals surface area contributed by atoms with E-state index in [1.165, 1.54) is 13.8 Å². The molecule has 16 nitrogen and oxygen atoms in total. The van der Waals surface area contributed by atoms with E-state index in [9.17, 15) is 24.9 Å². The van der Waals surface area contributed by atoms with Gasteiger partial charge in [0.05, 0.1) is 31.3 Å². The lowest BCUT2D eigenvalue weighted by Gasteiger charge is -2.49. The summed E-state index contributed by atoms with van der Waals surface area (Å²) in [5, 5.41) is 44.4. The van der Waals surface area contributed by atoms with E-state index >= 15 is 0 Å². The minimum absolute atomic E-state index is 0.0185. The van der Waals surface area contributed by atoms with Crippen LogP contribution in [0.2, 0.25) is 0 Å². The van der Waals surface area contributed by atoms with E-state index in [4.69, 9.17) is 36.1 Å². The van der Waals surface area contributed by atoms with Gasteiger partial charge >= 0.3 is 0 Å². The van der Waals surface area contributed by atoms with Gasteiger partial charge in [-0.3, -0.25) is 9.59 Å². The summed E-state index contributed by atoms with van der Waals surface area (Å²) in [6.07, 6.45) is -4.01. The zero-order valence-corrected chi connectivity index (χ0v) is 25.6. The second kappa shape index (κ2) is 15.4. The summed E-state index contributed by atoms with van der Waals surface area (Å²) in [6.45, 7) is 7.01. The number of ether oxygens (including phenoxy) is 4. The molecular weight excluding hydrogens is 566 g/mol. The summed E-state index contributed by atoms with van der Waals surface area (Å²) in [7, 11) is 1.62. The van der Waals surface area contributed by atoms with Crippen molar-refractivity contribution in [1.82, 2.24) is 21.3 Å². The molecule has 2 heterocycles. The third-order valence-electron chi connectivity index (χ3n) is 8.05. The van der Waals surface area contributed by atoms with Crippen LogP contribution in [0.4, 0.5) is 0 Å². The number of aliphatic hydroxyl groups excluding tert-OH is 2. The van der Waals surface area contributed by atoms with Crippen LogP contribution in [0.25, 0.3) is 0 Å². The number of carbonyl (C=O) groups excluding carboxylic acids is 2. The van der Waals surface area contributed by atoms with Crippen LogP contribution in [0, 0.1) is 0 Å². The Kier molecular flexibility index (Phi) is 12.7. The summed E-state index contributed by atoms with van der Waals surface area (Å²) in [5.41, 5.74) is 17.0. The largest absolute Gasteiger partial charge is 0.466 e. The van der Waals surface area contributed by atoms with Crippen LogP contribution in [-0.2, 0) is 28.5 Å². The number of nitrogens with one attached hydrogen (secondary N) is 4. The summed E-state index contributed by atoms with van der Waals surface area (Å²) in [4.78, 5) is 24.2. The van der Waals surface area contributed by atoms with Gasteiger partial charge in [0.1, 0.15) is 41.8 Å². The van der Waals surface area contributed by atoms with Crippen molar-refractivity contribution < 1.29 is 43.9 Å². The topological polar surface area (TPSA) is 258 Å². The van der Waals surface area contributed by atoms with Crippen molar-refractivity contribution in [2.75, 3.05) is 26.7 Å². The zero-order valence-electron chi connectivity index (χ0n) is 25.6. The van der Waals surface area contributed by atoms with E-state index in [-0.39, 0.29) is 13.2 Å². The fourth-order valence-electron chi connectivity index (χ4n) is 5.58. The number of carbonyl (C=O) groups is 2. The van der Waals surface area contributed by atoms with E-state index in [2.05, 4.69) is 21.3 Å². The number of aliphatic hydroxyl groups is 3. The maximum Gasteiger partial charge on any atom is 0.242 e. The highest BCUT2D eigenvalue weighted by Crippen LogP contribution is 2.32. The molecule has 1 unspecified atom stereocenters. The van der Waals surface area contributed by atoms with Crippen LogP contribution in [0.3, 0.4) is 0 Å². The van der Waals surface area contributed by atoms with Gasteiger partial charge in [-0.1, -0.05) is 6.92 Å². The molecule has 43 heavy (non-hydrogen) atoms. The first-order valence-electron chi connectivity index (χ1n) is 14.8. The third-order valence-corrected chi connectivity index (χ3v) is 8.05. The lowest BCUT2D eigenvalue weighted by molar-refractivity contribution is -0.304. The molecule has 1 aliphatic carbocycles. The number of rotatable bonds is 12. The first kappa shape index (κ1) is 35.5. The van der Waals surface area contributed by atoms with Gasteiger partial charge in [-0.05, 0) is 53.3 Å². The Hall–Kier alpha value is -1.96. The Morgan fingerprint density at radius 2 is 1.79 bits per heavy atom. The fourth-order valence-corrected chi connectivity index (χ4v) is 5.58. The molecule has 2 fully saturated rings. The van der Waals surface area contributed by atoms with Crippen molar-refractivity contribution in [1.29, 1.82) is 0 Å². The minimum Gasteiger partial charge on any atom is -0.466 e. The third kappa shape index (κ3) is 8.82. The average molecular weight is 618 g/mol. The maximum absolute atomic E-state index is 12.5. The summed E-state index contributed by atoms with van der Waals surface area (Å²) < 4.78 is 23.9. The molecular formula is C27H51N7O9. The number of nitrogens with two attached hydrogens (primary N) is 3. The lowest BCUT2D eigenvalue weighted by atomic mass is 9.83. The highest BCUT2D eigenvalue weighted by atomic mass is 16.7. The van der Waals surface area contributed by atoms with Crippen LogP contribution in [0.5, 0.6) is 0 Å². The van der Waals surface area contributed by atoms with Crippen molar-refractivity contribution in [3.8, 4) is 0 Å². The van der Waals surface area contributed by atoms with E-state index in [1.54, 1.807) is 20.0 Å². The maximum atomic E-state index is 12.5. The Balaban J connectivity index is 1.65. The second-order valence-corrected chi connectivity index (χ2v) is 11.8. The van der Waals surface area contributed by atoms with Crippen LogP contribution < -0.4 is 38.5 Å². The predicted molar refractivity (Wildman–Crippen MR) is 155 cm³/mol. The normalized spacial score (nSPS) is 39.7. The van der Waals surface area contributed by atoms with Gasteiger partial charge in [0.25, 0.3) is 0 Å². The quantitative estimate of drug-likeness (QED) is 0.0996. The van der Waals surface area contributed by atoms with Crippen molar-refractivity contribution >= 4 is 11.8 Å². The fraction of sp³-hybridized carbons (Fsp3) is 0.852. The highest BCUT2D eigenvalue weighted by molar-refractivity contribution is 5.89. The summed E-state index contributed by atoms with van der Waals surface area (Å²) >= 11 is 0. The summed E-state index contributed by atoms with van der Waals surface area (Å²) in [6, 6.07) is -3.90. The number of hydrogen-bond donors (Lipinski definition) is 10. The summed E-state index contributed by atoms with van der Waals surface area (Å²) in [5.74, 6) is -0.486. The first-order valence-corrected chi connectivity index (χ1v) is 14.8. The van der Waals surface area contributed by atoms with Crippen molar-refractivity contribution in [2.24, 2.45) is 17.2 Å². The molecule has 0 aromatic carbocycles. The number of likely N-dealkylation sites (N-methyl/N-ethyl adjacent to an activating group) is 2. The SMILES string of the molecule is CCN[C@@H]1C[C@H](N)[C@@H](O[C@H]2OC(CNC(=O)[C@H](C)NC(=O)[C@H](C)N)=CCC2N)[C@H](O)[C@H]1O[C@H]1OC[C@](C)(O)[C@H](NC)[C@H]1O. The molecule has 248 valence electrons. The molecule has 0 bridgehead atoms. The molecule has 13 atom stereocenters. The van der Waals surface area contributed by atoms with Gasteiger partial charge in [0.2, 0.25) is 18.1 Å². The molecule has 3 rings (SSSR count). The lowest BCUT2D eigenvalue weighted by Crippen LogP contribution is -2.69. The Bertz CT molecular complexity index is 971. The Labute approximate surface area is 252 Å². The van der Waals surface area contributed by atoms with Crippen LogP contribution in [0.15, 0.2) is 11.8 Å². The standard InChI is InChI=1S/C27H51N7O9/c1-6-32-17-9-16(30)20(18(35)21(17)43-26-19(36)22(31-5)27(4,39)11-40-26)42-25-15(29)8-7-14(41-25)10-33-24(38)13(3)34-23(37)12(2)28/h7,12-13,15-22,25-26,31-32,35-36,39H,6,8-11,28-30H2,1-5H3,(H,33,38)(H,34,37)/t12-,13-,15?,16-,17+,18-,19+,20+,21-,22+,25+,26+,27-/m0/s1. The van der Waals surface area contributed by atoms with Crippen LogP contribution in [0.1, 0.15) is 40.5 Å². The monoisotopic (exact) mass is 617 g/mol. The number of hydrogen-bond acceptors (Lipinski definition) is 14. The molecule has 0 aromatic rings. The molecule has 16 heteroatoms. The molecule has 0 aromatic heterocycles. The van der Waals surface area contributed by atoms with Crippen molar-refractivity contribution in [2.45, 2.75) is 119 Å². The molecule has 0 spiro atoms. The first-order chi connectivity index (χ1) is 20.2. The molecule has 1 saturated carbocycles. The smallest absolute Gasteiger partial charge is 0.242 e. The molecule has 0 radical (unpaired) electrons. The minimum atomic E-state index is -1.33. The molecule has 2 aliphatic heterocycles. The van der Waals surface area contributed by atoms with Crippen LogP contribution in [-0.4, -0.2) is 133 Å². The molecule has 3 aliphatic rings. The Morgan fingerprint density at radius 3 is 2.42 bits per heavy atom. The van der Waals surface area contributed by atoms with Gasteiger partial charge < -0.3 is 72.7 Å². The van der Waals surface area contributed by atoms with Crippen molar-refractivity contribution in [3.63, 3.8) is 0 Å². The van der Waals surface area contributed by atoms with Gasteiger partial charge in [0, 0.05) is 12.1 Å². The van der Waals surface area contributed by atoms with Crippen LogP contribution >= 0.6 is 0 Å². The number of amides is 2. The van der Waals surface area contributed by atoms with Gasteiger partial charge in [0.15, 0.2) is 6.29 Å². The second-order valence-electron chi connectivity index (χ2n) is 11.8. The van der Waals surface area contributed by atoms with Crippen molar-refractivity contribution in [3.05, 3.63) is 11.8 Å². The van der Waals surface area contributed by atoms with Gasteiger partial charge in [-0.25, -0.2) is 0 Å². The average Bonchev–Trinajstić information content (AvgIpc) is 2.94. The van der Waals surface area contributed by atoms with E-state index in [0.717, 1.165) is 0 Å². The van der Waals surface area contributed by atoms with E-state index in [0.29, 0.717) is 25.1 Å². The molecule has 2 amide bonds. The highest BCUT2D eigenvalue weighted by Gasteiger charge is 2.51. The predicted octanol–water partition coefficient (Wildman–Crippen LogP) is -4.19. The van der Waals surface area contributed by atoms with Gasteiger partial charge in [-0.15, -0.1) is 0 Å².